The van der Waals surface area contributed by atoms with Crippen LogP contribution in [0.2, 0.25) is 0 Å². The molecule has 1 amide bonds. The average Bonchev–Trinajstić information content (AvgIpc) is 2.30. The molecule has 1 unspecified atom stereocenters. The van der Waals surface area contributed by atoms with Crippen molar-refractivity contribution in [3.05, 3.63) is 32.2 Å². The normalized spacial score (nSPS) is 13.7. The molecular weight excluding hydrogens is 320 g/mol. The number of aliphatic hydroxyl groups is 1. The monoisotopic (exact) mass is 332 g/mol. The summed E-state index contributed by atoms with van der Waals surface area (Å²) in [6, 6.07) is 1.33. The van der Waals surface area contributed by atoms with E-state index in [1.165, 1.54) is 6.07 Å². The molecule has 1 heterocycles. The molecule has 7 nitrogen and oxygen atoms in total. The number of aliphatic carboxylic acids is 1. The van der Waals surface area contributed by atoms with Gasteiger partial charge in [0, 0.05) is 10.2 Å². The van der Waals surface area contributed by atoms with Gasteiger partial charge in [-0.1, -0.05) is 0 Å². The summed E-state index contributed by atoms with van der Waals surface area (Å²) in [5.74, 6) is -2.23. The number of H-pyrrole nitrogens is 1. The maximum absolute atomic E-state index is 11.7. The number of rotatable bonds is 4. The van der Waals surface area contributed by atoms with E-state index < -0.39 is 29.6 Å². The van der Waals surface area contributed by atoms with Gasteiger partial charge in [0.25, 0.3) is 11.5 Å². The number of carbonyl (C=O) groups is 2. The van der Waals surface area contributed by atoms with E-state index in [-0.39, 0.29) is 5.56 Å². The molecule has 1 aromatic heterocycles. The number of aryl methyl sites for hydroxylation is 1. The number of hydrogen-bond donors (Lipinski definition) is 4. The van der Waals surface area contributed by atoms with Gasteiger partial charge in [0.2, 0.25) is 0 Å². The number of nitrogens with one attached hydrogen (secondary N) is 2. The van der Waals surface area contributed by atoms with E-state index in [1.807, 2.05) is 0 Å². The van der Waals surface area contributed by atoms with Crippen molar-refractivity contribution in [2.75, 3.05) is 6.54 Å². The highest BCUT2D eigenvalue weighted by Crippen LogP contribution is 2.12. The van der Waals surface area contributed by atoms with Gasteiger partial charge in [-0.3, -0.25) is 9.59 Å². The fraction of sp³-hybridized carbons (Fsp3) is 0.364. The predicted octanol–water partition coefficient (Wildman–Crippen LogP) is 0.0112. The second kappa shape index (κ2) is 5.54. The van der Waals surface area contributed by atoms with Gasteiger partial charge < -0.3 is 20.5 Å². The number of carbonyl (C=O) groups excluding carboxylic acids is 1. The molecule has 0 aromatic carbocycles. The number of aromatic nitrogens is 1. The SMILES string of the molecule is Cc1[nH]c(=O)c(C(=O)NCC(C)(O)C(=O)O)cc1Br. The zero-order valence-electron chi connectivity index (χ0n) is 10.3. The molecule has 0 fully saturated rings. The first kappa shape index (κ1) is 15.4. The number of pyridine rings is 1. The molecule has 1 aromatic rings. The van der Waals surface area contributed by atoms with E-state index in [4.69, 9.17) is 5.11 Å². The summed E-state index contributed by atoms with van der Waals surface area (Å²) in [7, 11) is 0. The van der Waals surface area contributed by atoms with Gasteiger partial charge in [-0.05, 0) is 35.8 Å². The first-order valence-electron chi connectivity index (χ1n) is 5.28. The van der Waals surface area contributed by atoms with Crippen LogP contribution in [0.25, 0.3) is 0 Å². The van der Waals surface area contributed by atoms with Crippen LogP contribution in [-0.4, -0.2) is 39.2 Å². The molecule has 0 saturated carbocycles. The molecule has 4 N–H and O–H groups in total. The van der Waals surface area contributed by atoms with Gasteiger partial charge in [0.1, 0.15) is 5.56 Å². The number of carboxylic acids is 1. The summed E-state index contributed by atoms with van der Waals surface area (Å²) in [6.45, 7) is 2.19. The Morgan fingerprint density at radius 3 is 2.63 bits per heavy atom. The van der Waals surface area contributed by atoms with Crippen LogP contribution in [0.1, 0.15) is 23.0 Å². The van der Waals surface area contributed by atoms with Gasteiger partial charge in [0.15, 0.2) is 5.60 Å². The number of carboxylic acid groups (broad SMARTS) is 1. The molecule has 0 radical (unpaired) electrons. The van der Waals surface area contributed by atoms with E-state index >= 15 is 0 Å². The predicted molar refractivity (Wildman–Crippen MR) is 70.1 cm³/mol. The van der Waals surface area contributed by atoms with Crippen molar-refractivity contribution in [3.8, 4) is 0 Å². The summed E-state index contributed by atoms with van der Waals surface area (Å²) >= 11 is 3.17. The Hall–Kier alpha value is -1.67. The molecule has 19 heavy (non-hydrogen) atoms. The van der Waals surface area contributed by atoms with Crippen LogP contribution in [0.4, 0.5) is 0 Å². The highest BCUT2D eigenvalue weighted by Gasteiger charge is 2.30. The highest BCUT2D eigenvalue weighted by atomic mass is 79.9. The number of halogens is 1. The Kier molecular flexibility index (Phi) is 4.48. The molecule has 104 valence electrons. The van der Waals surface area contributed by atoms with Crippen molar-refractivity contribution in [2.45, 2.75) is 19.4 Å². The molecule has 0 aliphatic heterocycles. The lowest BCUT2D eigenvalue weighted by Gasteiger charge is -2.18. The van der Waals surface area contributed by atoms with Crippen LogP contribution in [0, 0.1) is 6.92 Å². The molecule has 8 heteroatoms. The maximum atomic E-state index is 11.7. The fourth-order valence-electron chi connectivity index (χ4n) is 1.19. The van der Waals surface area contributed by atoms with Gasteiger partial charge in [-0.15, -0.1) is 0 Å². The Morgan fingerprint density at radius 1 is 1.53 bits per heavy atom. The standard InChI is InChI=1S/C11H13BrN2O5/c1-5-7(12)3-6(9(16)14-5)8(15)13-4-11(2,19)10(17)18/h3,19H,4H2,1-2H3,(H,13,15)(H,14,16)(H,17,18). The molecule has 0 bridgehead atoms. The highest BCUT2D eigenvalue weighted by molar-refractivity contribution is 9.10. The first-order chi connectivity index (χ1) is 8.65. The number of hydrogen-bond acceptors (Lipinski definition) is 4. The summed E-state index contributed by atoms with van der Waals surface area (Å²) in [5.41, 5.74) is -2.28. The van der Waals surface area contributed by atoms with E-state index in [2.05, 4.69) is 26.2 Å². The van der Waals surface area contributed by atoms with Gasteiger partial charge in [0.05, 0.1) is 6.54 Å². The minimum atomic E-state index is -2.09. The van der Waals surface area contributed by atoms with Crippen LogP contribution in [0.15, 0.2) is 15.3 Å². The molecular formula is C11H13BrN2O5. The average molecular weight is 333 g/mol. The lowest BCUT2D eigenvalue weighted by molar-refractivity contribution is -0.155. The molecule has 1 rings (SSSR count). The van der Waals surface area contributed by atoms with Crippen molar-refractivity contribution in [2.24, 2.45) is 0 Å². The number of aromatic amines is 1. The molecule has 0 aliphatic rings. The summed E-state index contributed by atoms with van der Waals surface area (Å²) < 4.78 is 0.544. The van der Waals surface area contributed by atoms with E-state index in [0.717, 1.165) is 6.92 Å². The fourth-order valence-corrected chi connectivity index (χ4v) is 1.52. The number of amides is 1. The van der Waals surface area contributed by atoms with Crippen LogP contribution in [0.3, 0.4) is 0 Å². The Balaban J connectivity index is 2.89. The zero-order valence-corrected chi connectivity index (χ0v) is 11.9. The lowest BCUT2D eigenvalue weighted by atomic mass is 10.1. The van der Waals surface area contributed by atoms with E-state index in [9.17, 15) is 19.5 Å². The minimum absolute atomic E-state index is 0.168. The third kappa shape index (κ3) is 3.65. The van der Waals surface area contributed by atoms with Crippen molar-refractivity contribution < 1.29 is 19.8 Å². The summed E-state index contributed by atoms with van der Waals surface area (Å²) in [6.07, 6.45) is 0. The Labute approximate surface area is 116 Å². The van der Waals surface area contributed by atoms with Crippen LogP contribution >= 0.6 is 15.9 Å². The second-order valence-electron chi connectivity index (χ2n) is 4.25. The largest absolute Gasteiger partial charge is 0.479 e. The van der Waals surface area contributed by atoms with Crippen molar-refractivity contribution in [1.29, 1.82) is 0 Å². The third-order valence-electron chi connectivity index (χ3n) is 2.47. The quantitative estimate of drug-likeness (QED) is 0.619. The smallest absolute Gasteiger partial charge is 0.337 e. The Bertz CT molecular complexity index is 579. The summed E-state index contributed by atoms with van der Waals surface area (Å²) in [4.78, 5) is 36.4. The topological polar surface area (TPSA) is 119 Å². The van der Waals surface area contributed by atoms with Crippen LogP contribution in [-0.2, 0) is 4.79 Å². The Morgan fingerprint density at radius 2 is 2.11 bits per heavy atom. The molecule has 0 saturated heterocycles. The summed E-state index contributed by atoms with van der Waals surface area (Å²) in [5, 5.41) is 20.3. The van der Waals surface area contributed by atoms with Crippen LogP contribution in [0.5, 0.6) is 0 Å². The van der Waals surface area contributed by atoms with Crippen molar-refractivity contribution in [1.82, 2.24) is 10.3 Å². The maximum Gasteiger partial charge on any atom is 0.337 e. The molecule has 0 spiro atoms. The van der Waals surface area contributed by atoms with Crippen molar-refractivity contribution in [3.63, 3.8) is 0 Å². The lowest BCUT2D eigenvalue weighted by Crippen LogP contribution is -2.47. The third-order valence-corrected chi connectivity index (χ3v) is 3.30. The minimum Gasteiger partial charge on any atom is -0.479 e. The van der Waals surface area contributed by atoms with Gasteiger partial charge >= 0.3 is 5.97 Å². The molecule has 0 aliphatic carbocycles. The second-order valence-corrected chi connectivity index (χ2v) is 5.10. The first-order valence-corrected chi connectivity index (χ1v) is 6.08. The zero-order chi connectivity index (χ0) is 14.8. The molecule has 1 atom stereocenters. The van der Waals surface area contributed by atoms with Crippen molar-refractivity contribution >= 4 is 27.8 Å². The van der Waals surface area contributed by atoms with E-state index in [0.29, 0.717) is 10.2 Å². The van der Waals surface area contributed by atoms with Gasteiger partial charge in [-0.25, -0.2) is 4.79 Å². The van der Waals surface area contributed by atoms with E-state index in [1.54, 1.807) is 6.92 Å². The van der Waals surface area contributed by atoms with Gasteiger partial charge in [-0.2, -0.15) is 0 Å². The van der Waals surface area contributed by atoms with Crippen LogP contribution < -0.4 is 10.9 Å².